The highest BCUT2D eigenvalue weighted by atomic mass is 19.1. The summed E-state index contributed by atoms with van der Waals surface area (Å²) in [6.07, 6.45) is 6.11. The van der Waals surface area contributed by atoms with Gasteiger partial charge in [-0.2, -0.15) is 4.98 Å². The molecule has 5 nitrogen and oxygen atoms in total. The van der Waals surface area contributed by atoms with Crippen molar-refractivity contribution >= 4 is 5.91 Å². The first kappa shape index (κ1) is 16.2. The molecule has 0 bridgehead atoms. The second-order valence-electron chi connectivity index (χ2n) is 6.99. The molecule has 0 spiro atoms. The zero-order valence-corrected chi connectivity index (χ0v) is 14.2. The number of aromatic nitrogens is 2. The minimum atomic E-state index is -0.295. The van der Waals surface area contributed by atoms with Crippen LogP contribution in [0.15, 0.2) is 28.8 Å². The van der Waals surface area contributed by atoms with Crippen LogP contribution in [-0.2, 0) is 4.79 Å². The van der Waals surface area contributed by atoms with E-state index in [1.54, 1.807) is 12.1 Å². The maximum atomic E-state index is 13.1. The molecule has 1 amide bonds. The van der Waals surface area contributed by atoms with Gasteiger partial charge in [0.05, 0.1) is 5.92 Å². The first-order valence-electron chi connectivity index (χ1n) is 9.11. The Morgan fingerprint density at radius 3 is 2.56 bits per heavy atom. The second-order valence-corrected chi connectivity index (χ2v) is 6.99. The fourth-order valence-corrected chi connectivity index (χ4v) is 4.00. The molecule has 1 aromatic heterocycles. The van der Waals surface area contributed by atoms with E-state index in [-0.39, 0.29) is 23.6 Å². The Hall–Kier alpha value is -2.24. The van der Waals surface area contributed by atoms with E-state index in [1.165, 1.54) is 12.1 Å². The number of likely N-dealkylation sites (tertiary alicyclic amines) is 1. The molecule has 1 saturated heterocycles. The number of benzene rings is 1. The van der Waals surface area contributed by atoms with Gasteiger partial charge in [0.2, 0.25) is 17.6 Å². The average Bonchev–Trinajstić information content (AvgIpc) is 3.34. The second kappa shape index (κ2) is 6.94. The van der Waals surface area contributed by atoms with Crippen molar-refractivity contribution in [3.05, 3.63) is 36.0 Å². The molecular formula is C19H22FN3O2. The molecule has 2 aromatic rings. The summed E-state index contributed by atoms with van der Waals surface area (Å²) < 4.78 is 18.6. The maximum absolute atomic E-state index is 13.1. The molecule has 0 radical (unpaired) electrons. The molecule has 0 unspecified atom stereocenters. The van der Waals surface area contributed by atoms with E-state index in [0.29, 0.717) is 11.7 Å². The van der Waals surface area contributed by atoms with Gasteiger partial charge >= 0.3 is 0 Å². The largest absolute Gasteiger partial charge is 0.342 e. The van der Waals surface area contributed by atoms with E-state index < -0.39 is 0 Å². The molecule has 2 atom stereocenters. The Morgan fingerprint density at radius 2 is 1.80 bits per heavy atom. The van der Waals surface area contributed by atoms with Crippen LogP contribution in [0.1, 0.15) is 50.3 Å². The van der Waals surface area contributed by atoms with Crippen molar-refractivity contribution in [1.82, 2.24) is 15.0 Å². The number of nitrogens with zero attached hydrogens (tertiary/aromatic N) is 3. The number of carbonyl (C=O) groups excluding carboxylic acids is 1. The van der Waals surface area contributed by atoms with Crippen LogP contribution < -0.4 is 0 Å². The Bertz CT molecular complexity index is 737. The van der Waals surface area contributed by atoms with Crippen molar-refractivity contribution in [2.75, 3.05) is 13.1 Å². The molecule has 1 aliphatic heterocycles. The summed E-state index contributed by atoms with van der Waals surface area (Å²) in [6.45, 7) is 1.74. The van der Waals surface area contributed by atoms with Crippen molar-refractivity contribution in [1.29, 1.82) is 0 Å². The van der Waals surface area contributed by atoms with E-state index in [4.69, 9.17) is 4.52 Å². The van der Waals surface area contributed by atoms with Gasteiger partial charge in [-0.15, -0.1) is 0 Å². The number of carbonyl (C=O) groups is 1. The van der Waals surface area contributed by atoms with Gasteiger partial charge in [0, 0.05) is 24.6 Å². The number of hydrogen-bond donors (Lipinski definition) is 0. The third kappa shape index (κ3) is 3.30. The monoisotopic (exact) mass is 343 g/mol. The molecule has 2 aliphatic rings. The molecule has 25 heavy (non-hydrogen) atoms. The lowest BCUT2D eigenvalue weighted by atomic mass is 9.78. The molecule has 1 saturated carbocycles. The minimum absolute atomic E-state index is 0.0106. The van der Waals surface area contributed by atoms with Gasteiger partial charge in [-0.3, -0.25) is 4.79 Å². The van der Waals surface area contributed by atoms with Crippen LogP contribution in [0, 0.1) is 11.7 Å². The summed E-state index contributed by atoms with van der Waals surface area (Å²) in [5, 5.41) is 4.05. The van der Waals surface area contributed by atoms with Crippen molar-refractivity contribution in [2.24, 2.45) is 5.92 Å². The summed E-state index contributed by atoms with van der Waals surface area (Å²) in [5.41, 5.74) is 0.717. The molecule has 0 N–H and O–H groups in total. The number of rotatable bonds is 3. The highest BCUT2D eigenvalue weighted by Gasteiger charge is 2.38. The topological polar surface area (TPSA) is 59.2 Å². The summed E-state index contributed by atoms with van der Waals surface area (Å²) in [4.78, 5) is 19.4. The van der Waals surface area contributed by atoms with E-state index in [1.807, 2.05) is 4.90 Å². The molecule has 1 aliphatic carbocycles. The highest BCUT2D eigenvalue weighted by molar-refractivity contribution is 5.80. The van der Waals surface area contributed by atoms with Crippen LogP contribution in [0.2, 0.25) is 0 Å². The Balaban J connectivity index is 1.56. The van der Waals surface area contributed by atoms with E-state index in [0.717, 1.165) is 57.2 Å². The Labute approximate surface area is 146 Å². The molecule has 1 aromatic carbocycles. The fourth-order valence-electron chi connectivity index (χ4n) is 4.00. The van der Waals surface area contributed by atoms with Crippen molar-refractivity contribution in [2.45, 2.75) is 44.4 Å². The van der Waals surface area contributed by atoms with Crippen molar-refractivity contribution in [3.63, 3.8) is 0 Å². The van der Waals surface area contributed by atoms with Crippen LogP contribution in [0.3, 0.4) is 0 Å². The van der Waals surface area contributed by atoms with Crippen molar-refractivity contribution < 1.29 is 13.7 Å². The zero-order valence-electron chi connectivity index (χ0n) is 14.2. The lowest BCUT2D eigenvalue weighted by Gasteiger charge is -2.31. The van der Waals surface area contributed by atoms with Gasteiger partial charge in [0.1, 0.15) is 5.82 Å². The summed E-state index contributed by atoms with van der Waals surface area (Å²) in [7, 11) is 0. The van der Waals surface area contributed by atoms with E-state index in [9.17, 15) is 9.18 Å². The lowest BCUT2D eigenvalue weighted by molar-refractivity contribution is -0.136. The summed E-state index contributed by atoms with van der Waals surface area (Å²) in [6, 6.07) is 6.03. The molecule has 132 valence electrons. The molecule has 2 fully saturated rings. The SMILES string of the molecule is O=C([C@H]1CCCC[C@H]1c1nc(-c2ccc(F)cc2)no1)N1CCCC1. The standard InChI is InChI=1S/C19H22FN3O2/c20-14-9-7-13(8-10-14)17-21-18(25-22-17)15-5-1-2-6-16(15)19(24)23-11-3-4-12-23/h7-10,15-16H,1-6,11-12H2/t15-,16+/m1/s1. The third-order valence-electron chi connectivity index (χ3n) is 5.36. The Kier molecular flexibility index (Phi) is 4.51. The lowest BCUT2D eigenvalue weighted by Crippen LogP contribution is -2.38. The first-order chi connectivity index (χ1) is 12.2. The summed E-state index contributed by atoms with van der Waals surface area (Å²) in [5.74, 6) is 0.862. The molecular weight excluding hydrogens is 321 g/mol. The Morgan fingerprint density at radius 1 is 1.08 bits per heavy atom. The van der Waals surface area contributed by atoms with Crippen LogP contribution in [0.25, 0.3) is 11.4 Å². The minimum Gasteiger partial charge on any atom is -0.342 e. The van der Waals surface area contributed by atoms with Gasteiger partial charge in [0.15, 0.2) is 0 Å². The van der Waals surface area contributed by atoms with Gasteiger partial charge in [-0.05, 0) is 49.9 Å². The van der Waals surface area contributed by atoms with E-state index >= 15 is 0 Å². The smallest absolute Gasteiger partial charge is 0.230 e. The predicted molar refractivity (Wildman–Crippen MR) is 90.2 cm³/mol. The van der Waals surface area contributed by atoms with Crippen LogP contribution in [0.5, 0.6) is 0 Å². The van der Waals surface area contributed by atoms with Gasteiger partial charge < -0.3 is 9.42 Å². The third-order valence-corrected chi connectivity index (χ3v) is 5.36. The average molecular weight is 343 g/mol. The number of amides is 1. The molecule has 6 heteroatoms. The van der Waals surface area contributed by atoms with Crippen LogP contribution in [-0.4, -0.2) is 34.0 Å². The quantitative estimate of drug-likeness (QED) is 0.851. The maximum Gasteiger partial charge on any atom is 0.230 e. The highest BCUT2D eigenvalue weighted by Crippen LogP contribution is 2.39. The normalized spacial score (nSPS) is 23.8. The van der Waals surface area contributed by atoms with Crippen LogP contribution in [0.4, 0.5) is 4.39 Å². The predicted octanol–water partition coefficient (Wildman–Crippen LogP) is 3.77. The number of halogens is 1. The van der Waals surface area contributed by atoms with Crippen LogP contribution >= 0.6 is 0 Å². The molecule has 4 rings (SSSR count). The van der Waals surface area contributed by atoms with Gasteiger partial charge in [-0.1, -0.05) is 18.0 Å². The zero-order chi connectivity index (χ0) is 17.2. The first-order valence-corrected chi connectivity index (χ1v) is 9.11. The van der Waals surface area contributed by atoms with Gasteiger partial charge in [0.25, 0.3) is 0 Å². The number of hydrogen-bond acceptors (Lipinski definition) is 4. The molecule has 2 heterocycles. The van der Waals surface area contributed by atoms with Crippen molar-refractivity contribution in [3.8, 4) is 11.4 Å². The van der Waals surface area contributed by atoms with Gasteiger partial charge in [-0.25, -0.2) is 4.39 Å². The fraction of sp³-hybridized carbons (Fsp3) is 0.526. The van der Waals surface area contributed by atoms with E-state index in [2.05, 4.69) is 10.1 Å². The summed E-state index contributed by atoms with van der Waals surface area (Å²) >= 11 is 0.